The van der Waals surface area contributed by atoms with E-state index in [1.54, 1.807) is 32.2 Å². The van der Waals surface area contributed by atoms with Crippen LogP contribution >= 0.6 is 27.5 Å². The summed E-state index contributed by atoms with van der Waals surface area (Å²) in [7, 11) is 1.64. The Labute approximate surface area is 134 Å². The molecule has 0 spiro atoms. The number of hydrogen-bond donors (Lipinski definition) is 2. The predicted molar refractivity (Wildman–Crippen MR) is 85.4 cm³/mol. The third-order valence-electron chi connectivity index (χ3n) is 2.65. The van der Waals surface area contributed by atoms with E-state index in [1.165, 1.54) is 0 Å². The molecule has 2 rings (SSSR count). The van der Waals surface area contributed by atoms with Crippen molar-refractivity contribution in [3.05, 3.63) is 43.5 Å². The van der Waals surface area contributed by atoms with Gasteiger partial charge in [0.25, 0.3) is 0 Å². The van der Waals surface area contributed by atoms with Crippen LogP contribution < -0.4 is 10.6 Å². The fraction of sp³-hybridized carbons (Fsp3) is 0.167. The minimum atomic E-state index is -0.513. The second-order valence-corrected chi connectivity index (χ2v) is 5.38. The Hall–Kier alpha value is -1.93. The summed E-state index contributed by atoms with van der Waals surface area (Å²) in [5.74, 6) is 0.408. The lowest BCUT2D eigenvalue weighted by atomic mass is 10.3. The van der Waals surface area contributed by atoms with E-state index < -0.39 is 4.92 Å². The summed E-state index contributed by atoms with van der Waals surface area (Å²) >= 11 is 9.22. The standard InChI is InChI=1S/C12H11BrClN5O2/c1-6-10(19(20)21)11(18-12(15-2)16-6)17-9-4-3-7(14)5-8(9)13/h3-5H,1-2H3,(H2,15,16,17,18). The van der Waals surface area contributed by atoms with Gasteiger partial charge in [-0.25, -0.2) is 4.98 Å². The molecule has 1 aromatic heterocycles. The van der Waals surface area contributed by atoms with Crippen molar-refractivity contribution in [1.29, 1.82) is 0 Å². The Morgan fingerprint density at radius 1 is 1.38 bits per heavy atom. The number of aromatic nitrogens is 2. The second kappa shape index (κ2) is 6.23. The number of halogens is 2. The van der Waals surface area contributed by atoms with Gasteiger partial charge < -0.3 is 10.6 Å². The summed E-state index contributed by atoms with van der Waals surface area (Å²) in [6.07, 6.45) is 0. The summed E-state index contributed by atoms with van der Waals surface area (Å²) in [5, 5.41) is 17.4. The lowest BCUT2D eigenvalue weighted by Gasteiger charge is -2.11. The zero-order valence-corrected chi connectivity index (χ0v) is 13.5. The van der Waals surface area contributed by atoms with Crippen LogP contribution in [0.15, 0.2) is 22.7 Å². The largest absolute Gasteiger partial charge is 0.357 e. The van der Waals surface area contributed by atoms with E-state index >= 15 is 0 Å². The van der Waals surface area contributed by atoms with E-state index in [0.29, 0.717) is 21.1 Å². The molecule has 2 aromatic rings. The molecule has 1 aromatic carbocycles. The molecule has 0 unspecified atom stereocenters. The first-order chi connectivity index (χ1) is 9.92. The van der Waals surface area contributed by atoms with Crippen molar-refractivity contribution in [1.82, 2.24) is 9.97 Å². The summed E-state index contributed by atoms with van der Waals surface area (Å²) in [5.41, 5.74) is 0.713. The molecule has 9 heteroatoms. The monoisotopic (exact) mass is 371 g/mol. The summed E-state index contributed by atoms with van der Waals surface area (Å²) in [6, 6.07) is 5.06. The molecule has 0 radical (unpaired) electrons. The van der Waals surface area contributed by atoms with E-state index in [4.69, 9.17) is 11.6 Å². The lowest BCUT2D eigenvalue weighted by molar-refractivity contribution is -0.385. The lowest BCUT2D eigenvalue weighted by Crippen LogP contribution is -2.07. The van der Waals surface area contributed by atoms with Crippen LogP contribution in [0.1, 0.15) is 5.69 Å². The SMILES string of the molecule is CNc1nc(C)c([N+](=O)[O-])c(Nc2ccc(Cl)cc2Br)n1. The van der Waals surface area contributed by atoms with Gasteiger partial charge in [-0.1, -0.05) is 11.6 Å². The van der Waals surface area contributed by atoms with Crippen molar-refractivity contribution in [2.45, 2.75) is 6.92 Å². The average Bonchev–Trinajstić information content (AvgIpc) is 2.40. The molecule has 0 bridgehead atoms. The van der Waals surface area contributed by atoms with E-state index in [0.717, 1.165) is 0 Å². The molecule has 1 heterocycles. The Kier molecular flexibility index (Phi) is 4.59. The second-order valence-electron chi connectivity index (χ2n) is 4.09. The normalized spacial score (nSPS) is 10.3. The molecule has 7 nitrogen and oxygen atoms in total. The molecule has 0 saturated carbocycles. The van der Waals surface area contributed by atoms with Gasteiger partial charge in [-0.15, -0.1) is 0 Å². The first-order valence-electron chi connectivity index (χ1n) is 5.85. The third-order valence-corrected chi connectivity index (χ3v) is 3.54. The smallest absolute Gasteiger partial charge is 0.332 e. The molecule has 0 atom stereocenters. The Balaban J connectivity index is 2.51. The van der Waals surface area contributed by atoms with Gasteiger partial charge in [-0.2, -0.15) is 4.98 Å². The molecule has 110 valence electrons. The molecule has 0 aliphatic carbocycles. The fourth-order valence-electron chi connectivity index (χ4n) is 1.70. The molecule has 0 amide bonds. The Morgan fingerprint density at radius 3 is 2.67 bits per heavy atom. The van der Waals surface area contributed by atoms with Gasteiger partial charge in [0.2, 0.25) is 11.8 Å². The van der Waals surface area contributed by atoms with Gasteiger partial charge >= 0.3 is 5.69 Å². The number of benzene rings is 1. The van der Waals surface area contributed by atoms with E-state index in [9.17, 15) is 10.1 Å². The number of aryl methyl sites for hydroxylation is 1. The molecular weight excluding hydrogens is 362 g/mol. The molecule has 0 aliphatic rings. The number of nitrogens with one attached hydrogen (secondary N) is 2. The summed E-state index contributed by atoms with van der Waals surface area (Å²) in [6.45, 7) is 1.56. The Bertz CT molecular complexity index is 710. The van der Waals surface area contributed by atoms with Gasteiger partial charge in [0.15, 0.2) is 0 Å². The van der Waals surface area contributed by atoms with Crippen LogP contribution in [0, 0.1) is 17.0 Å². The maximum Gasteiger partial charge on any atom is 0.332 e. The number of nitrogens with zero attached hydrogens (tertiary/aromatic N) is 3. The molecule has 0 fully saturated rings. The van der Waals surface area contributed by atoms with Crippen molar-refractivity contribution in [3.8, 4) is 0 Å². The first kappa shape index (κ1) is 15.5. The Morgan fingerprint density at radius 2 is 2.10 bits per heavy atom. The fourth-order valence-corrected chi connectivity index (χ4v) is 2.48. The zero-order chi connectivity index (χ0) is 15.6. The van der Waals surface area contributed by atoms with Crippen LogP contribution in [0.4, 0.5) is 23.1 Å². The first-order valence-corrected chi connectivity index (χ1v) is 7.02. The van der Waals surface area contributed by atoms with Crippen molar-refractivity contribution < 1.29 is 4.92 Å². The van der Waals surface area contributed by atoms with Crippen LogP contribution in [0.5, 0.6) is 0 Å². The van der Waals surface area contributed by atoms with Crippen molar-refractivity contribution in [2.75, 3.05) is 17.7 Å². The minimum absolute atomic E-state index is 0.111. The number of hydrogen-bond acceptors (Lipinski definition) is 6. The quantitative estimate of drug-likeness (QED) is 0.624. The topological polar surface area (TPSA) is 93.0 Å². The molecular formula is C12H11BrClN5O2. The van der Waals surface area contributed by atoms with Gasteiger partial charge in [0.05, 0.1) is 10.6 Å². The highest BCUT2D eigenvalue weighted by Gasteiger charge is 2.22. The molecule has 2 N–H and O–H groups in total. The van der Waals surface area contributed by atoms with E-state index in [2.05, 4.69) is 36.5 Å². The predicted octanol–water partition coefficient (Wildman–Crippen LogP) is 3.89. The van der Waals surface area contributed by atoms with E-state index in [1.807, 2.05) is 0 Å². The van der Waals surface area contributed by atoms with E-state index in [-0.39, 0.29) is 17.2 Å². The number of anilines is 3. The van der Waals surface area contributed by atoms with Crippen LogP contribution in [-0.2, 0) is 0 Å². The van der Waals surface area contributed by atoms with Gasteiger partial charge in [0, 0.05) is 16.5 Å². The van der Waals surface area contributed by atoms with Crippen LogP contribution in [0.25, 0.3) is 0 Å². The molecule has 21 heavy (non-hydrogen) atoms. The number of rotatable bonds is 4. The highest BCUT2D eigenvalue weighted by molar-refractivity contribution is 9.10. The maximum atomic E-state index is 11.2. The summed E-state index contributed by atoms with van der Waals surface area (Å²) < 4.78 is 0.673. The van der Waals surface area contributed by atoms with Gasteiger partial charge in [0.1, 0.15) is 5.69 Å². The minimum Gasteiger partial charge on any atom is -0.357 e. The van der Waals surface area contributed by atoms with Crippen molar-refractivity contribution in [2.24, 2.45) is 0 Å². The number of nitro groups is 1. The van der Waals surface area contributed by atoms with Crippen LogP contribution in [-0.4, -0.2) is 21.9 Å². The average molecular weight is 373 g/mol. The third kappa shape index (κ3) is 3.40. The van der Waals surface area contributed by atoms with Crippen LogP contribution in [0.3, 0.4) is 0 Å². The molecule has 0 saturated heterocycles. The highest BCUT2D eigenvalue weighted by atomic mass is 79.9. The van der Waals surface area contributed by atoms with Gasteiger partial charge in [-0.3, -0.25) is 10.1 Å². The maximum absolute atomic E-state index is 11.2. The van der Waals surface area contributed by atoms with Crippen LogP contribution in [0.2, 0.25) is 5.02 Å². The molecule has 0 aliphatic heterocycles. The van der Waals surface area contributed by atoms with Gasteiger partial charge in [-0.05, 0) is 41.1 Å². The van der Waals surface area contributed by atoms with Crippen molar-refractivity contribution in [3.63, 3.8) is 0 Å². The zero-order valence-electron chi connectivity index (χ0n) is 11.1. The van der Waals surface area contributed by atoms with Crippen molar-refractivity contribution >= 4 is 50.7 Å². The summed E-state index contributed by atoms with van der Waals surface area (Å²) in [4.78, 5) is 18.8. The highest BCUT2D eigenvalue weighted by Crippen LogP contribution is 2.33.